The third-order valence-electron chi connectivity index (χ3n) is 5.23. The fraction of sp³-hybridized carbons (Fsp3) is 0.0435. The first-order valence-electron chi connectivity index (χ1n) is 10.2. The monoisotopic (exact) mass is 558 g/mol. The Kier molecular flexibility index (Phi) is 6.39. The van der Waals surface area contributed by atoms with Crippen LogP contribution in [0.2, 0.25) is 10.0 Å². The maximum atomic E-state index is 13.0. The number of hydrogen-bond donors (Lipinski definition) is 1. The van der Waals surface area contributed by atoms with Gasteiger partial charge in [0.2, 0.25) is 5.91 Å². The quantitative estimate of drug-likeness (QED) is 0.132. The molecule has 9 nitrogen and oxygen atoms in total. The molecule has 5 rings (SSSR count). The highest BCUT2D eigenvalue weighted by Gasteiger charge is 2.41. The molecule has 0 fully saturated rings. The van der Waals surface area contributed by atoms with Crippen molar-refractivity contribution in [3.05, 3.63) is 85.9 Å². The standard InChI is InChI=1S/C23H12Cl2N4O5S2/c24-11-4-6-15(14(25)8-11)26-19(30)10-35-23-27-16-7-5-12(9-18(16)36-23)28-21(31)13-2-1-3-17(29(33)34)20(13)22(28)32/h1-9H,10H2,(H,26,30). The minimum atomic E-state index is -0.752. The normalized spacial score (nSPS) is 12.8. The smallest absolute Gasteiger partial charge is 0.283 e. The fourth-order valence-electron chi connectivity index (χ4n) is 3.65. The molecule has 0 radical (unpaired) electrons. The molecule has 1 aromatic heterocycles. The van der Waals surface area contributed by atoms with Crippen LogP contribution >= 0.6 is 46.3 Å². The number of benzene rings is 3. The molecule has 0 unspecified atom stereocenters. The lowest BCUT2D eigenvalue weighted by Crippen LogP contribution is -2.29. The number of nitrogens with one attached hydrogen (secondary N) is 1. The fourth-order valence-corrected chi connectivity index (χ4v) is 6.01. The van der Waals surface area contributed by atoms with E-state index in [1.54, 1.807) is 30.3 Å². The van der Waals surface area contributed by atoms with Gasteiger partial charge in [-0.15, -0.1) is 11.3 Å². The van der Waals surface area contributed by atoms with Gasteiger partial charge < -0.3 is 5.32 Å². The van der Waals surface area contributed by atoms with Crippen molar-refractivity contribution in [2.45, 2.75) is 4.34 Å². The third kappa shape index (κ3) is 4.42. The Balaban J connectivity index is 1.33. The first-order valence-corrected chi connectivity index (χ1v) is 12.7. The van der Waals surface area contributed by atoms with Crippen molar-refractivity contribution in [1.29, 1.82) is 0 Å². The van der Waals surface area contributed by atoms with Crippen LogP contribution in [0.5, 0.6) is 0 Å². The number of halogens is 2. The minimum absolute atomic E-state index is 0.0124. The van der Waals surface area contributed by atoms with Crippen molar-refractivity contribution in [1.82, 2.24) is 4.98 Å². The van der Waals surface area contributed by atoms with Gasteiger partial charge in [0.05, 0.1) is 42.9 Å². The second-order valence-electron chi connectivity index (χ2n) is 7.50. The average Bonchev–Trinajstić information content (AvgIpc) is 3.37. The van der Waals surface area contributed by atoms with E-state index in [0.717, 1.165) is 4.90 Å². The van der Waals surface area contributed by atoms with E-state index in [0.29, 0.717) is 30.3 Å². The molecule has 0 saturated heterocycles. The van der Waals surface area contributed by atoms with Crippen molar-refractivity contribution >= 4 is 91.3 Å². The number of carbonyl (C=O) groups is 3. The zero-order valence-corrected chi connectivity index (χ0v) is 21.0. The molecule has 4 aromatic rings. The largest absolute Gasteiger partial charge is 0.324 e. The molecule has 3 aromatic carbocycles. The lowest BCUT2D eigenvalue weighted by atomic mass is 10.1. The number of amides is 3. The first-order chi connectivity index (χ1) is 17.2. The second kappa shape index (κ2) is 9.51. The molecule has 0 bridgehead atoms. The second-order valence-corrected chi connectivity index (χ2v) is 10.6. The number of fused-ring (bicyclic) bond motifs is 2. The van der Waals surface area contributed by atoms with Crippen molar-refractivity contribution in [2.24, 2.45) is 0 Å². The van der Waals surface area contributed by atoms with Crippen molar-refractivity contribution in [3.63, 3.8) is 0 Å². The van der Waals surface area contributed by atoms with Gasteiger partial charge in [0, 0.05) is 11.1 Å². The van der Waals surface area contributed by atoms with Gasteiger partial charge in [-0.1, -0.05) is 41.0 Å². The van der Waals surface area contributed by atoms with Crippen LogP contribution in [0.1, 0.15) is 20.7 Å². The average molecular weight is 559 g/mol. The van der Waals surface area contributed by atoms with Gasteiger partial charge in [-0.3, -0.25) is 24.5 Å². The Bertz CT molecular complexity index is 1610. The summed E-state index contributed by atoms with van der Waals surface area (Å²) in [4.78, 5) is 54.3. The van der Waals surface area contributed by atoms with Gasteiger partial charge in [-0.25, -0.2) is 9.88 Å². The van der Waals surface area contributed by atoms with Crippen LogP contribution in [0, 0.1) is 10.1 Å². The number of carbonyl (C=O) groups excluding carboxylic acids is 3. The molecule has 180 valence electrons. The van der Waals surface area contributed by atoms with Crippen LogP contribution in [0.3, 0.4) is 0 Å². The number of thioether (sulfide) groups is 1. The zero-order valence-electron chi connectivity index (χ0n) is 17.9. The number of nitro groups is 1. The van der Waals surface area contributed by atoms with Crippen LogP contribution in [-0.4, -0.2) is 33.4 Å². The number of imide groups is 1. The summed E-state index contributed by atoms with van der Waals surface area (Å²) in [5, 5.41) is 14.8. The van der Waals surface area contributed by atoms with Crippen molar-refractivity contribution < 1.29 is 19.3 Å². The molecule has 1 N–H and O–H groups in total. The molecule has 3 amide bonds. The maximum absolute atomic E-state index is 13.0. The highest BCUT2D eigenvalue weighted by Crippen LogP contribution is 2.37. The number of rotatable bonds is 6. The van der Waals surface area contributed by atoms with E-state index in [4.69, 9.17) is 23.2 Å². The summed E-state index contributed by atoms with van der Waals surface area (Å²) >= 11 is 14.5. The molecule has 1 aliphatic rings. The number of nitrogens with zero attached hydrogens (tertiary/aromatic N) is 3. The molecule has 1 aliphatic heterocycles. The Morgan fingerprint density at radius 3 is 2.67 bits per heavy atom. The number of nitro benzene ring substituents is 1. The summed E-state index contributed by atoms with van der Waals surface area (Å²) in [5.74, 6) is -1.59. The van der Waals surface area contributed by atoms with E-state index in [9.17, 15) is 24.5 Å². The molecule has 0 saturated carbocycles. The van der Waals surface area contributed by atoms with Gasteiger partial charge >= 0.3 is 0 Å². The summed E-state index contributed by atoms with van der Waals surface area (Å²) in [6, 6.07) is 13.6. The molecule has 36 heavy (non-hydrogen) atoms. The Morgan fingerprint density at radius 1 is 1.11 bits per heavy atom. The Hall–Kier alpha value is -3.51. The lowest BCUT2D eigenvalue weighted by Gasteiger charge is -2.13. The summed E-state index contributed by atoms with van der Waals surface area (Å²) in [6.45, 7) is 0. The number of hydrogen-bond acceptors (Lipinski definition) is 8. The predicted molar refractivity (Wildman–Crippen MR) is 140 cm³/mol. The van der Waals surface area contributed by atoms with E-state index in [2.05, 4.69) is 10.3 Å². The van der Waals surface area contributed by atoms with Crippen LogP contribution in [-0.2, 0) is 4.79 Å². The van der Waals surface area contributed by atoms with Gasteiger partial charge in [-0.05, 0) is 42.5 Å². The van der Waals surface area contributed by atoms with E-state index >= 15 is 0 Å². The van der Waals surface area contributed by atoms with Crippen LogP contribution in [0.15, 0.2) is 58.9 Å². The van der Waals surface area contributed by atoms with E-state index in [1.807, 2.05) is 0 Å². The zero-order chi connectivity index (χ0) is 25.6. The molecule has 0 atom stereocenters. The van der Waals surface area contributed by atoms with Gasteiger partial charge in [0.1, 0.15) is 5.56 Å². The molecular formula is C23H12Cl2N4O5S2. The van der Waals surface area contributed by atoms with Gasteiger partial charge in [0.25, 0.3) is 17.5 Å². The number of aromatic nitrogens is 1. The van der Waals surface area contributed by atoms with Crippen molar-refractivity contribution in [3.8, 4) is 0 Å². The predicted octanol–water partition coefficient (Wildman–Crippen LogP) is 6.04. The molecule has 0 aliphatic carbocycles. The first kappa shape index (κ1) is 24.2. The third-order valence-corrected chi connectivity index (χ3v) is 7.94. The van der Waals surface area contributed by atoms with E-state index in [1.165, 1.54) is 47.4 Å². The molecule has 13 heteroatoms. The lowest BCUT2D eigenvalue weighted by molar-refractivity contribution is -0.385. The van der Waals surface area contributed by atoms with Gasteiger partial charge in [-0.2, -0.15) is 0 Å². The summed E-state index contributed by atoms with van der Waals surface area (Å²) < 4.78 is 1.29. The summed E-state index contributed by atoms with van der Waals surface area (Å²) in [6.07, 6.45) is 0. The van der Waals surface area contributed by atoms with Gasteiger partial charge in [0.15, 0.2) is 4.34 Å². The molecule has 0 spiro atoms. The summed E-state index contributed by atoms with van der Waals surface area (Å²) in [7, 11) is 0. The van der Waals surface area contributed by atoms with E-state index in [-0.39, 0.29) is 28.5 Å². The van der Waals surface area contributed by atoms with Crippen molar-refractivity contribution in [2.75, 3.05) is 16.0 Å². The van der Waals surface area contributed by atoms with Crippen LogP contribution in [0.25, 0.3) is 10.2 Å². The Morgan fingerprint density at radius 2 is 1.92 bits per heavy atom. The Labute approximate surface area is 221 Å². The summed E-state index contributed by atoms with van der Waals surface area (Å²) in [5.41, 5.74) is 0.695. The maximum Gasteiger partial charge on any atom is 0.283 e. The molecular weight excluding hydrogens is 547 g/mol. The van der Waals surface area contributed by atoms with E-state index < -0.39 is 22.4 Å². The molecule has 2 heterocycles. The SMILES string of the molecule is O=C(CSc1nc2ccc(N3C(=O)c4cccc([N+](=O)[O-])c4C3=O)cc2s1)Nc1ccc(Cl)cc1Cl. The number of thiazole rings is 1. The van der Waals surface area contributed by atoms with Crippen LogP contribution in [0.4, 0.5) is 17.1 Å². The van der Waals surface area contributed by atoms with Crippen LogP contribution < -0.4 is 10.2 Å². The topological polar surface area (TPSA) is 123 Å². The number of anilines is 2. The highest BCUT2D eigenvalue weighted by molar-refractivity contribution is 8.01. The minimum Gasteiger partial charge on any atom is -0.324 e. The highest BCUT2D eigenvalue weighted by atomic mass is 35.5.